The highest BCUT2D eigenvalue weighted by atomic mass is 32.1. The second-order valence-electron chi connectivity index (χ2n) is 35.8. The first-order valence-electron chi connectivity index (χ1n) is 46.1. The largest absolute Gasteiger partial charge is 0.456 e. The van der Waals surface area contributed by atoms with E-state index in [1.807, 2.05) is 133 Å². The van der Waals surface area contributed by atoms with E-state index in [0.717, 1.165) is 155 Å². The number of hydrogen-bond donors (Lipinski definition) is 0. The van der Waals surface area contributed by atoms with Crippen molar-refractivity contribution < 1.29 is 17.7 Å². The fourth-order valence-corrected chi connectivity index (χ4v) is 22.4. The van der Waals surface area contributed by atoms with Gasteiger partial charge in [0.1, 0.15) is 61.5 Å². The molecule has 13 nitrogen and oxygen atoms in total. The molecule has 0 amide bonds. The minimum Gasteiger partial charge on any atom is -0.456 e. The van der Waals surface area contributed by atoms with Crippen molar-refractivity contribution in [1.82, 2.24) is 43.6 Å². The summed E-state index contributed by atoms with van der Waals surface area (Å²) in [5, 5.41) is 15.1. The Morgan fingerprint density at radius 1 is 0.212 bits per heavy atom. The van der Waals surface area contributed by atoms with Gasteiger partial charge in [-0.3, -0.25) is 0 Å². The summed E-state index contributed by atoms with van der Waals surface area (Å²) in [6.07, 6.45) is 0. The molecule has 0 bridgehead atoms. The Labute approximate surface area is 786 Å². The van der Waals surface area contributed by atoms with E-state index in [9.17, 15) is 0 Å². The minimum absolute atomic E-state index is 0.0506. The predicted molar refractivity (Wildman–Crippen MR) is 561 cm³/mol. The van der Waals surface area contributed by atoms with Crippen LogP contribution in [0.3, 0.4) is 0 Å². The van der Waals surface area contributed by atoms with Crippen LogP contribution in [0.5, 0.6) is 0 Å². The maximum absolute atomic E-state index is 6.34. The van der Waals surface area contributed by atoms with Crippen molar-refractivity contribution in [3.8, 4) is 96.1 Å². The molecule has 0 aliphatic heterocycles. The Morgan fingerprint density at radius 3 is 1.09 bits per heavy atom. The number of hydrogen-bond acceptors (Lipinski definition) is 11. The van der Waals surface area contributed by atoms with Crippen molar-refractivity contribution in [2.75, 3.05) is 0 Å². The van der Waals surface area contributed by atoms with E-state index in [0.29, 0.717) is 34.2 Å². The molecular formula is C123H75N9O4S. The number of thiophene rings is 1. The third-order valence-corrected chi connectivity index (χ3v) is 28.8. The van der Waals surface area contributed by atoms with Crippen LogP contribution in [0.4, 0.5) is 0 Å². The molecule has 0 fully saturated rings. The summed E-state index contributed by atoms with van der Waals surface area (Å²) in [4.78, 5) is 30.7. The zero-order valence-corrected chi connectivity index (χ0v) is 74.7. The first-order valence-corrected chi connectivity index (χ1v) is 46.9. The van der Waals surface area contributed by atoms with Crippen LogP contribution in [0.15, 0.2) is 436 Å². The monoisotopic (exact) mass is 1770 g/mol. The molecule has 0 radical (unpaired) electrons. The molecule has 0 N–H and O–H groups in total. The molecule has 11 aromatic heterocycles. The number of fused-ring (bicyclic) bond motifs is 27. The highest BCUT2D eigenvalue weighted by Crippen LogP contribution is 2.53. The predicted octanol–water partition coefficient (Wildman–Crippen LogP) is 33.0. The van der Waals surface area contributed by atoms with Gasteiger partial charge >= 0.3 is 0 Å². The van der Waals surface area contributed by atoms with Gasteiger partial charge in [-0.2, -0.15) is 0 Å². The van der Waals surface area contributed by atoms with E-state index < -0.39 is 0 Å². The number of rotatable bonds is 9. The molecule has 29 aromatic rings. The number of para-hydroxylation sites is 7. The molecule has 18 aromatic carbocycles. The van der Waals surface area contributed by atoms with Crippen molar-refractivity contribution in [2.45, 2.75) is 19.3 Å². The van der Waals surface area contributed by atoms with Crippen LogP contribution >= 0.6 is 11.3 Å². The Kier molecular flexibility index (Phi) is 17.3. The van der Waals surface area contributed by atoms with Gasteiger partial charge in [0.05, 0.1) is 33.1 Å². The average Bonchev–Trinajstić information content (AvgIpc) is 1.55. The van der Waals surface area contributed by atoms with Gasteiger partial charge in [0.25, 0.3) is 0 Å². The molecule has 0 saturated heterocycles. The summed E-state index contributed by atoms with van der Waals surface area (Å²) in [5.41, 5.74) is 32.5. The van der Waals surface area contributed by atoms with Crippen molar-refractivity contribution in [3.05, 3.63) is 430 Å². The van der Waals surface area contributed by atoms with Gasteiger partial charge in [-0.05, 0) is 174 Å². The van der Waals surface area contributed by atoms with Crippen molar-refractivity contribution in [1.29, 1.82) is 0 Å². The zero-order chi connectivity index (χ0) is 90.2. The minimum atomic E-state index is -0.0506. The number of aromatic nitrogens is 9. The lowest BCUT2D eigenvalue weighted by Crippen LogP contribution is -2.14. The lowest BCUT2D eigenvalue weighted by atomic mass is 9.82. The molecule has 11 heterocycles. The van der Waals surface area contributed by atoms with Crippen molar-refractivity contribution >= 4 is 185 Å². The zero-order valence-electron chi connectivity index (χ0n) is 73.9. The van der Waals surface area contributed by atoms with Gasteiger partial charge in [-0.25, -0.2) is 29.9 Å². The Balaban J connectivity index is 0.000000102. The van der Waals surface area contributed by atoms with Gasteiger partial charge in [0, 0.05) is 135 Å². The third-order valence-electron chi connectivity index (χ3n) is 27.6. The van der Waals surface area contributed by atoms with Gasteiger partial charge in [-0.1, -0.05) is 281 Å². The lowest BCUT2D eigenvalue weighted by Gasteiger charge is -2.21. The first-order chi connectivity index (χ1) is 67.7. The smallest absolute Gasteiger partial charge is 0.180 e. The second-order valence-corrected chi connectivity index (χ2v) is 36.9. The molecular weight excluding hydrogens is 1700 g/mol. The Morgan fingerprint density at radius 2 is 0.591 bits per heavy atom. The summed E-state index contributed by atoms with van der Waals surface area (Å²) < 4.78 is 35.0. The molecule has 1 aliphatic rings. The lowest BCUT2D eigenvalue weighted by molar-refractivity contribution is 0.661. The van der Waals surface area contributed by atoms with Crippen molar-refractivity contribution in [3.63, 3.8) is 0 Å². The number of furan rings is 4. The van der Waals surface area contributed by atoms with Crippen LogP contribution in [0, 0.1) is 0 Å². The number of nitrogens with zero attached hydrogens (tertiary/aromatic N) is 9. The van der Waals surface area contributed by atoms with Crippen molar-refractivity contribution in [2.24, 2.45) is 0 Å². The van der Waals surface area contributed by atoms with E-state index in [1.165, 1.54) is 91.4 Å². The standard InChI is InChI=1S/C43H29N3O.C40H23N3O2.C40H23N3OS/c1-43(2)34-17-9-6-14-29(34)32-25-37-33(24-35(32)43)30-15-7-10-18-36(30)46(37)28-22-20-27(21-23-28)42-44-39(26-12-4-3-5-13-26)41-40(45-42)31-16-8-11-19-38(31)47-41;1-2-11-24(12-3-1)37-39-38(29-17-6-9-20-35(29)45-39)42-40(41-37)25-13-10-14-26(21-25)43-32-18-7-4-15-27(32)30-23-36-31(22-33(30)43)28-16-5-8-19-34(28)44-36;1-2-11-24(12-3-1)37-39-38(29-17-5-8-19-34(29)44-39)42-40(41-37)25-13-10-14-26(21-25)43-32-18-7-4-15-27(32)30-23-36-31(22-33(30)43)28-16-6-9-20-35(28)45-36/h3-25H,1-2H3;2*1-23H. The normalized spacial score (nSPS) is 12.5. The van der Waals surface area contributed by atoms with Crippen LogP contribution in [0.1, 0.15) is 25.0 Å². The fraction of sp³-hybridized carbons (Fsp3) is 0.0244. The van der Waals surface area contributed by atoms with Gasteiger partial charge in [0.2, 0.25) is 0 Å². The molecule has 30 rings (SSSR count). The maximum Gasteiger partial charge on any atom is 0.180 e. The third kappa shape index (κ3) is 12.3. The molecule has 0 atom stereocenters. The molecule has 0 saturated carbocycles. The molecule has 1 aliphatic carbocycles. The SMILES string of the molecule is CC1(C)c2ccccc2-c2cc3c(cc21)c1ccccc1n3-c1ccc(-c2nc(-c3ccccc3)c3oc4ccccc4c3n2)cc1.c1ccc(-c2nc(-c3cccc(-n4c5ccccc5c5cc6oc7ccccc7c6cc54)c3)nc3c2oc2ccccc23)cc1.c1ccc(-c2nc(-c3cccc(-n4c5ccccc5c5cc6sc7ccccc7c6cc54)c3)nc3c2oc2ccccc23)cc1. The number of benzene rings is 18. The Bertz CT molecular complexity index is 9670. The van der Waals surface area contributed by atoms with Gasteiger partial charge in [0.15, 0.2) is 34.2 Å². The van der Waals surface area contributed by atoms with E-state index >= 15 is 0 Å². The molecule has 137 heavy (non-hydrogen) atoms. The summed E-state index contributed by atoms with van der Waals surface area (Å²) >= 11 is 1.86. The van der Waals surface area contributed by atoms with Crippen LogP contribution in [0.2, 0.25) is 0 Å². The molecule has 0 unspecified atom stereocenters. The van der Waals surface area contributed by atoms with E-state index in [-0.39, 0.29) is 5.41 Å². The summed E-state index contributed by atoms with van der Waals surface area (Å²) in [6, 6.07) is 146. The van der Waals surface area contributed by atoms with Gasteiger partial charge < -0.3 is 31.4 Å². The van der Waals surface area contributed by atoms with Crippen LogP contribution in [-0.4, -0.2) is 43.6 Å². The summed E-state index contributed by atoms with van der Waals surface area (Å²) in [6.45, 7) is 4.69. The quantitative estimate of drug-likeness (QED) is 0.137. The van der Waals surface area contributed by atoms with Crippen LogP contribution in [-0.2, 0) is 5.41 Å². The summed E-state index contributed by atoms with van der Waals surface area (Å²) in [5.74, 6) is 1.99. The van der Waals surface area contributed by atoms with E-state index in [4.69, 9.17) is 47.6 Å². The summed E-state index contributed by atoms with van der Waals surface area (Å²) in [7, 11) is 0. The highest BCUT2D eigenvalue weighted by Gasteiger charge is 2.37. The molecule has 14 heteroatoms. The topological polar surface area (TPSA) is 145 Å². The Hall–Kier alpha value is -18.0. The van der Waals surface area contributed by atoms with E-state index in [2.05, 4.69) is 325 Å². The van der Waals surface area contributed by atoms with E-state index in [1.54, 1.807) is 0 Å². The average molecular weight is 1780 g/mol. The maximum atomic E-state index is 6.34. The van der Waals surface area contributed by atoms with Gasteiger partial charge in [-0.15, -0.1) is 11.3 Å². The highest BCUT2D eigenvalue weighted by molar-refractivity contribution is 7.25. The molecule has 0 spiro atoms. The second kappa shape index (κ2) is 30.5. The van der Waals surface area contributed by atoms with Crippen LogP contribution < -0.4 is 0 Å². The van der Waals surface area contributed by atoms with Crippen LogP contribution in [0.25, 0.3) is 270 Å². The fourth-order valence-electron chi connectivity index (χ4n) is 21.2. The first kappa shape index (κ1) is 77.8. The molecule has 642 valence electrons.